The molecule has 1 aliphatic heterocycles. The summed E-state index contributed by atoms with van der Waals surface area (Å²) in [5.74, 6) is -1.99. The molecule has 0 aliphatic carbocycles. The second-order valence-corrected chi connectivity index (χ2v) is 14.9. The van der Waals surface area contributed by atoms with Gasteiger partial charge in [0.05, 0.1) is 18.3 Å². The van der Waals surface area contributed by atoms with E-state index in [0.717, 1.165) is 22.5 Å². The van der Waals surface area contributed by atoms with Gasteiger partial charge in [-0.25, -0.2) is 0 Å². The van der Waals surface area contributed by atoms with Gasteiger partial charge < -0.3 is 14.3 Å². The summed E-state index contributed by atoms with van der Waals surface area (Å²) >= 11 is 0. The SMILES string of the molecule is CC1CC(CO[Si](c2ccccc2)(c2ccccc2)C(C)(C)C)OC1(O)c1ccc(C(F)(F)F)cc1. The predicted octanol–water partition coefficient (Wildman–Crippen LogP) is 5.85. The minimum absolute atomic E-state index is 0.205. The van der Waals surface area contributed by atoms with E-state index in [4.69, 9.17) is 9.16 Å². The van der Waals surface area contributed by atoms with Crippen LogP contribution in [0.5, 0.6) is 0 Å². The monoisotopic (exact) mass is 514 g/mol. The van der Waals surface area contributed by atoms with Gasteiger partial charge in [0.15, 0.2) is 5.79 Å². The minimum Gasteiger partial charge on any atom is -0.405 e. The lowest BCUT2D eigenvalue weighted by Crippen LogP contribution is -2.67. The van der Waals surface area contributed by atoms with Crippen LogP contribution in [0.25, 0.3) is 0 Å². The van der Waals surface area contributed by atoms with Gasteiger partial charge in [0.25, 0.3) is 8.32 Å². The lowest BCUT2D eigenvalue weighted by Gasteiger charge is -2.43. The van der Waals surface area contributed by atoms with Crippen LogP contribution in [0, 0.1) is 5.92 Å². The molecule has 7 heteroatoms. The number of benzene rings is 3. The second-order valence-electron chi connectivity index (χ2n) is 10.6. The first kappa shape index (κ1) is 26.6. The van der Waals surface area contributed by atoms with E-state index in [-0.39, 0.29) is 17.6 Å². The number of hydrogen-bond donors (Lipinski definition) is 1. The summed E-state index contributed by atoms with van der Waals surface area (Å²) in [7, 11) is -2.78. The summed E-state index contributed by atoms with van der Waals surface area (Å²) in [6.45, 7) is 8.68. The van der Waals surface area contributed by atoms with Crippen molar-refractivity contribution < 1.29 is 27.4 Å². The Bertz CT molecular complexity index is 1100. The maximum absolute atomic E-state index is 13.0. The Balaban J connectivity index is 1.62. The molecule has 3 aromatic rings. The number of rotatable bonds is 6. The predicted molar refractivity (Wildman–Crippen MR) is 138 cm³/mol. The standard InChI is InChI=1S/C29H33F3O3Si/c1-21-19-24(35-28(21,33)22-15-17-23(18-16-22)29(30,31)32)20-34-36(27(2,3)4,25-11-7-5-8-12-25)26-13-9-6-10-14-26/h5-18,21,24,33H,19-20H2,1-4H3. The molecule has 3 atom stereocenters. The molecular weight excluding hydrogens is 481 g/mol. The molecule has 0 amide bonds. The zero-order valence-electron chi connectivity index (χ0n) is 21.0. The van der Waals surface area contributed by atoms with Crippen LogP contribution in [0.3, 0.4) is 0 Å². The van der Waals surface area contributed by atoms with Crippen LogP contribution in [-0.2, 0) is 21.1 Å². The van der Waals surface area contributed by atoms with Crippen molar-refractivity contribution >= 4 is 18.7 Å². The van der Waals surface area contributed by atoms with Crippen LogP contribution < -0.4 is 10.4 Å². The van der Waals surface area contributed by atoms with E-state index in [9.17, 15) is 18.3 Å². The maximum Gasteiger partial charge on any atom is 0.416 e. The van der Waals surface area contributed by atoms with E-state index in [0.29, 0.717) is 12.0 Å². The Labute approximate surface area is 212 Å². The lowest BCUT2D eigenvalue weighted by molar-refractivity contribution is -0.222. The molecular formula is C29H33F3O3Si. The van der Waals surface area contributed by atoms with Gasteiger partial charge in [-0.2, -0.15) is 13.2 Å². The van der Waals surface area contributed by atoms with Crippen LogP contribution in [0.15, 0.2) is 84.9 Å². The zero-order valence-corrected chi connectivity index (χ0v) is 22.0. The number of ether oxygens (including phenoxy) is 1. The average molecular weight is 515 g/mol. The Morgan fingerprint density at radius 2 is 1.39 bits per heavy atom. The third kappa shape index (κ3) is 4.90. The van der Waals surface area contributed by atoms with Gasteiger partial charge in [-0.15, -0.1) is 0 Å². The van der Waals surface area contributed by atoms with E-state index < -0.39 is 31.9 Å². The highest BCUT2D eigenvalue weighted by Gasteiger charge is 2.52. The summed E-state index contributed by atoms with van der Waals surface area (Å²) < 4.78 is 52.1. The fourth-order valence-electron chi connectivity index (χ4n) is 5.30. The Morgan fingerprint density at radius 1 is 0.889 bits per heavy atom. The van der Waals surface area contributed by atoms with Gasteiger partial charge in [-0.1, -0.05) is 100 Å². The molecule has 3 unspecified atom stereocenters. The molecule has 3 nitrogen and oxygen atoms in total. The zero-order chi connectivity index (χ0) is 26.2. The smallest absolute Gasteiger partial charge is 0.405 e. The summed E-state index contributed by atoms with van der Waals surface area (Å²) in [4.78, 5) is 0. The van der Waals surface area contributed by atoms with Crippen molar-refractivity contribution in [1.29, 1.82) is 0 Å². The summed E-state index contributed by atoms with van der Waals surface area (Å²) in [6.07, 6.45) is -4.32. The maximum atomic E-state index is 13.0. The van der Waals surface area contributed by atoms with Gasteiger partial charge in [0.1, 0.15) is 0 Å². The first-order valence-corrected chi connectivity index (χ1v) is 14.1. The summed E-state index contributed by atoms with van der Waals surface area (Å²) in [5.41, 5.74) is -0.442. The number of aliphatic hydroxyl groups is 1. The topological polar surface area (TPSA) is 38.7 Å². The molecule has 0 bridgehead atoms. The fraction of sp³-hybridized carbons (Fsp3) is 0.379. The number of hydrogen-bond acceptors (Lipinski definition) is 3. The first-order chi connectivity index (χ1) is 16.9. The molecule has 36 heavy (non-hydrogen) atoms. The van der Waals surface area contributed by atoms with Gasteiger partial charge in [-0.05, 0) is 34.0 Å². The highest BCUT2D eigenvalue weighted by Crippen LogP contribution is 2.44. The molecule has 1 heterocycles. The van der Waals surface area contributed by atoms with E-state index in [1.807, 2.05) is 43.3 Å². The molecule has 1 saturated heterocycles. The number of halogens is 3. The molecule has 0 aromatic heterocycles. The van der Waals surface area contributed by atoms with Crippen LogP contribution >= 0.6 is 0 Å². The largest absolute Gasteiger partial charge is 0.416 e. The average Bonchev–Trinajstić information content (AvgIpc) is 3.14. The molecule has 1 aliphatic rings. The third-order valence-electron chi connectivity index (χ3n) is 7.16. The first-order valence-electron chi connectivity index (χ1n) is 12.2. The van der Waals surface area contributed by atoms with Gasteiger partial charge in [0, 0.05) is 11.5 Å². The van der Waals surface area contributed by atoms with Crippen LogP contribution in [0.4, 0.5) is 13.2 Å². The molecule has 1 fully saturated rings. The van der Waals surface area contributed by atoms with Gasteiger partial charge >= 0.3 is 6.18 Å². The van der Waals surface area contributed by atoms with Gasteiger partial charge in [-0.3, -0.25) is 0 Å². The van der Waals surface area contributed by atoms with Crippen molar-refractivity contribution in [3.8, 4) is 0 Å². The highest BCUT2D eigenvalue weighted by atomic mass is 28.4. The molecule has 0 saturated carbocycles. The molecule has 192 valence electrons. The molecule has 0 radical (unpaired) electrons. The van der Waals surface area contributed by atoms with E-state index >= 15 is 0 Å². The second kappa shape index (κ2) is 9.78. The Kier molecular flexibility index (Phi) is 7.23. The van der Waals surface area contributed by atoms with Crippen LogP contribution in [0.2, 0.25) is 5.04 Å². The molecule has 4 rings (SSSR count). The minimum atomic E-state index is -4.44. The Hall–Kier alpha value is -2.45. The number of alkyl halides is 3. The highest BCUT2D eigenvalue weighted by molar-refractivity contribution is 6.99. The van der Waals surface area contributed by atoms with E-state index in [1.54, 1.807) is 0 Å². The summed E-state index contributed by atoms with van der Waals surface area (Å²) in [5, 5.41) is 13.5. The molecule has 3 aromatic carbocycles. The van der Waals surface area contributed by atoms with Gasteiger partial charge in [0.2, 0.25) is 0 Å². The quantitative estimate of drug-likeness (QED) is 0.420. The molecule has 1 N–H and O–H groups in total. The van der Waals surface area contributed by atoms with Crippen LogP contribution in [-0.4, -0.2) is 26.1 Å². The lowest BCUT2D eigenvalue weighted by atomic mass is 9.92. The Morgan fingerprint density at radius 3 is 1.83 bits per heavy atom. The van der Waals surface area contributed by atoms with Crippen molar-refractivity contribution in [2.45, 2.75) is 57.2 Å². The summed E-state index contributed by atoms with van der Waals surface area (Å²) in [6, 6.07) is 25.1. The van der Waals surface area contributed by atoms with Crippen molar-refractivity contribution in [2.75, 3.05) is 6.61 Å². The van der Waals surface area contributed by atoms with Crippen molar-refractivity contribution in [2.24, 2.45) is 5.92 Å². The van der Waals surface area contributed by atoms with E-state index in [2.05, 4.69) is 45.0 Å². The van der Waals surface area contributed by atoms with E-state index in [1.165, 1.54) is 12.1 Å². The van der Waals surface area contributed by atoms with Crippen molar-refractivity contribution in [3.05, 3.63) is 96.1 Å². The van der Waals surface area contributed by atoms with Crippen molar-refractivity contribution in [1.82, 2.24) is 0 Å². The third-order valence-corrected chi connectivity index (χ3v) is 12.2. The fourth-order valence-corrected chi connectivity index (χ4v) is 9.90. The van der Waals surface area contributed by atoms with Crippen LogP contribution in [0.1, 0.15) is 45.2 Å². The van der Waals surface area contributed by atoms with Crippen molar-refractivity contribution in [3.63, 3.8) is 0 Å². The molecule has 0 spiro atoms. The normalized spacial score (nSPS) is 23.1.